The number of H-pyrrole nitrogens is 1. The predicted molar refractivity (Wildman–Crippen MR) is 116 cm³/mol. The minimum atomic E-state index is 0.0438. The van der Waals surface area contributed by atoms with Gasteiger partial charge < -0.3 is 4.98 Å². The zero-order valence-electron chi connectivity index (χ0n) is 16.9. The molecule has 3 aromatic rings. The van der Waals surface area contributed by atoms with Crippen molar-refractivity contribution < 1.29 is 0 Å². The summed E-state index contributed by atoms with van der Waals surface area (Å²) in [5.41, 5.74) is 6.97. The molecule has 29 heavy (non-hydrogen) atoms. The molecule has 1 aliphatic heterocycles. The van der Waals surface area contributed by atoms with Crippen LogP contribution in [0.15, 0.2) is 47.3 Å². The summed E-state index contributed by atoms with van der Waals surface area (Å²) in [5.74, 6) is 0.800. The first-order valence-corrected chi connectivity index (χ1v) is 11.3. The first-order chi connectivity index (χ1) is 14.3. The fourth-order valence-corrected chi connectivity index (χ4v) is 6.40. The van der Waals surface area contributed by atoms with E-state index in [4.69, 9.17) is 0 Å². The molecule has 0 radical (unpaired) electrons. The summed E-state index contributed by atoms with van der Waals surface area (Å²) in [6.07, 6.45) is 8.74. The lowest BCUT2D eigenvalue weighted by molar-refractivity contribution is 0.119. The van der Waals surface area contributed by atoms with E-state index in [0.29, 0.717) is 12.1 Å². The molecule has 4 heteroatoms. The smallest absolute Gasteiger partial charge is 0.306 e. The van der Waals surface area contributed by atoms with Crippen molar-refractivity contribution in [2.24, 2.45) is 0 Å². The zero-order chi connectivity index (χ0) is 19.4. The van der Waals surface area contributed by atoms with Gasteiger partial charge in [-0.1, -0.05) is 30.3 Å². The predicted octanol–water partition coefficient (Wildman–Crippen LogP) is 4.92. The Morgan fingerprint density at radius 3 is 2.66 bits per heavy atom. The van der Waals surface area contributed by atoms with Gasteiger partial charge in [0.15, 0.2) is 0 Å². The van der Waals surface area contributed by atoms with E-state index in [9.17, 15) is 4.79 Å². The Hall–Kier alpha value is -2.33. The fraction of sp³-hybridized carbons (Fsp3) is 0.480. The average molecular weight is 388 g/mol. The van der Waals surface area contributed by atoms with Crippen LogP contribution in [-0.2, 0) is 6.42 Å². The molecule has 2 heterocycles. The van der Waals surface area contributed by atoms with Crippen LogP contribution in [0.3, 0.4) is 0 Å². The van der Waals surface area contributed by atoms with E-state index >= 15 is 0 Å². The van der Waals surface area contributed by atoms with Crippen LogP contribution >= 0.6 is 0 Å². The van der Waals surface area contributed by atoms with Crippen LogP contribution in [0.25, 0.3) is 11.0 Å². The SMILES string of the molecule is O=c1[nH]c2ccccc2n1C1CCN(C2CCC3CCCc4cccc2c43)CC1. The maximum Gasteiger partial charge on any atom is 0.326 e. The molecule has 4 nitrogen and oxygen atoms in total. The number of hydrogen-bond acceptors (Lipinski definition) is 2. The molecule has 0 amide bonds. The quantitative estimate of drug-likeness (QED) is 0.678. The first kappa shape index (κ1) is 17.5. The first-order valence-electron chi connectivity index (χ1n) is 11.3. The van der Waals surface area contributed by atoms with Gasteiger partial charge in [-0.2, -0.15) is 0 Å². The van der Waals surface area contributed by atoms with E-state index in [-0.39, 0.29) is 5.69 Å². The second-order valence-corrected chi connectivity index (χ2v) is 9.19. The van der Waals surface area contributed by atoms with Crippen LogP contribution in [0, 0.1) is 0 Å². The normalized spacial score (nSPS) is 25.2. The lowest BCUT2D eigenvalue weighted by atomic mass is 9.71. The van der Waals surface area contributed by atoms with Gasteiger partial charge in [-0.3, -0.25) is 9.47 Å². The summed E-state index contributed by atoms with van der Waals surface area (Å²) >= 11 is 0. The third-order valence-corrected chi connectivity index (χ3v) is 7.71. The molecular weight excluding hydrogens is 358 g/mol. The molecule has 1 N–H and O–H groups in total. The van der Waals surface area contributed by atoms with Crippen LogP contribution in [0.5, 0.6) is 0 Å². The molecule has 150 valence electrons. The van der Waals surface area contributed by atoms with Crippen LogP contribution in [0.4, 0.5) is 0 Å². The molecular formula is C25H29N3O. The van der Waals surface area contributed by atoms with Crippen molar-refractivity contribution in [3.05, 3.63) is 69.6 Å². The molecule has 0 saturated carbocycles. The Morgan fingerprint density at radius 2 is 1.76 bits per heavy atom. The summed E-state index contributed by atoms with van der Waals surface area (Å²) in [4.78, 5) is 18.3. The fourth-order valence-electron chi connectivity index (χ4n) is 6.40. The number of fused-ring (bicyclic) bond motifs is 1. The molecule has 2 aliphatic carbocycles. The van der Waals surface area contributed by atoms with Gasteiger partial charge in [-0.15, -0.1) is 0 Å². The Kier molecular flexibility index (Phi) is 4.15. The Balaban J connectivity index is 1.25. The Bertz CT molecular complexity index is 1100. The van der Waals surface area contributed by atoms with Crippen LogP contribution in [0.1, 0.15) is 73.2 Å². The molecule has 0 bridgehead atoms. The van der Waals surface area contributed by atoms with E-state index < -0.39 is 0 Å². The highest BCUT2D eigenvalue weighted by Gasteiger charge is 2.35. The number of hydrogen-bond donors (Lipinski definition) is 1. The number of imidazole rings is 1. The zero-order valence-corrected chi connectivity index (χ0v) is 16.9. The highest BCUT2D eigenvalue weighted by Crippen LogP contribution is 2.47. The number of aromatic nitrogens is 2. The van der Waals surface area contributed by atoms with E-state index in [1.165, 1.54) is 32.1 Å². The van der Waals surface area contributed by atoms with Gasteiger partial charge in [-0.05, 0) is 79.7 Å². The third kappa shape index (κ3) is 2.80. The van der Waals surface area contributed by atoms with Gasteiger partial charge in [0, 0.05) is 25.2 Å². The summed E-state index contributed by atoms with van der Waals surface area (Å²) in [6, 6.07) is 16.0. The van der Waals surface area contributed by atoms with E-state index in [0.717, 1.165) is 42.9 Å². The van der Waals surface area contributed by atoms with Crippen molar-refractivity contribution >= 4 is 11.0 Å². The van der Waals surface area contributed by atoms with Gasteiger partial charge in [0.05, 0.1) is 11.0 Å². The Labute approximate surface area is 171 Å². The molecule has 6 rings (SSSR count). The van der Waals surface area contributed by atoms with Crippen molar-refractivity contribution in [3.8, 4) is 0 Å². The maximum absolute atomic E-state index is 12.6. The number of benzene rings is 2. The number of para-hydroxylation sites is 2. The molecule has 2 aromatic carbocycles. The van der Waals surface area contributed by atoms with Crippen molar-refractivity contribution in [2.75, 3.05) is 13.1 Å². The number of rotatable bonds is 2. The molecule has 2 atom stereocenters. The summed E-state index contributed by atoms with van der Waals surface area (Å²) in [6.45, 7) is 2.16. The van der Waals surface area contributed by atoms with Gasteiger partial charge >= 0.3 is 5.69 Å². The van der Waals surface area contributed by atoms with Crippen molar-refractivity contribution in [1.82, 2.24) is 14.5 Å². The highest BCUT2D eigenvalue weighted by molar-refractivity contribution is 5.75. The minimum Gasteiger partial charge on any atom is -0.306 e. The lowest BCUT2D eigenvalue weighted by Crippen LogP contribution is -2.40. The van der Waals surface area contributed by atoms with Crippen LogP contribution in [0.2, 0.25) is 0 Å². The number of likely N-dealkylation sites (tertiary alicyclic amines) is 1. The Morgan fingerprint density at radius 1 is 0.897 bits per heavy atom. The van der Waals surface area contributed by atoms with Gasteiger partial charge in [0.25, 0.3) is 0 Å². The van der Waals surface area contributed by atoms with Crippen molar-refractivity contribution in [1.29, 1.82) is 0 Å². The van der Waals surface area contributed by atoms with E-state index in [1.807, 2.05) is 22.8 Å². The molecule has 1 fully saturated rings. The second kappa shape index (κ2) is 6.88. The van der Waals surface area contributed by atoms with Gasteiger partial charge in [0.1, 0.15) is 0 Å². The van der Waals surface area contributed by atoms with Crippen molar-refractivity contribution in [3.63, 3.8) is 0 Å². The lowest BCUT2D eigenvalue weighted by Gasteiger charge is -2.43. The largest absolute Gasteiger partial charge is 0.326 e. The molecule has 3 aliphatic rings. The molecule has 1 saturated heterocycles. The highest BCUT2D eigenvalue weighted by atomic mass is 16.1. The molecule has 2 unspecified atom stereocenters. The van der Waals surface area contributed by atoms with Crippen LogP contribution in [-0.4, -0.2) is 27.5 Å². The maximum atomic E-state index is 12.6. The van der Waals surface area contributed by atoms with Gasteiger partial charge in [-0.25, -0.2) is 4.79 Å². The van der Waals surface area contributed by atoms with Crippen LogP contribution < -0.4 is 5.69 Å². The summed E-state index contributed by atoms with van der Waals surface area (Å²) in [5, 5.41) is 0. The number of aryl methyl sites for hydroxylation is 1. The molecule has 1 aromatic heterocycles. The number of piperidine rings is 1. The van der Waals surface area contributed by atoms with Gasteiger partial charge in [0.2, 0.25) is 0 Å². The van der Waals surface area contributed by atoms with E-state index in [1.54, 1.807) is 16.7 Å². The average Bonchev–Trinajstić information content (AvgIpc) is 3.10. The summed E-state index contributed by atoms with van der Waals surface area (Å²) in [7, 11) is 0. The minimum absolute atomic E-state index is 0.0438. The number of nitrogens with zero attached hydrogens (tertiary/aromatic N) is 2. The standard InChI is InChI=1S/C25H29N3O/c29-25-26-21-9-1-2-10-23(21)28(25)19-13-15-27(16-14-19)22-12-11-18-6-3-5-17-7-4-8-20(22)24(17)18/h1-2,4,7-10,18-19,22H,3,5-6,11-16H2,(H,26,29). The monoisotopic (exact) mass is 387 g/mol. The van der Waals surface area contributed by atoms with Crippen molar-refractivity contribution in [2.45, 2.75) is 62.9 Å². The third-order valence-electron chi connectivity index (χ3n) is 7.71. The van der Waals surface area contributed by atoms with E-state index in [2.05, 4.69) is 34.1 Å². The molecule has 0 spiro atoms. The summed E-state index contributed by atoms with van der Waals surface area (Å²) < 4.78 is 2.01. The topological polar surface area (TPSA) is 41.0 Å². The number of nitrogens with one attached hydrogen (secondary N) is 1. The second-order valence-electron chi connectivity index (χ2n) is 9.19. The number of aromatic amines is 1.